The first-order valence-electron chi connectivity index (χ1n) is 8.45. The number of aliphatic hydroxyl groups excluding tert-OH is 1. The fraction of sp³-hybridized carbons (Fsp3) is 0.667. The van der Waals surface area contributed by atoms with Gasteiger partial charge in [-0.05, 0) is 42.3 Å². The highest BCUT2D eigenvalue weighted by Gasteiger charge is 2.31. The van der Waals surface area contributed by atoms with Crippen molar-refractivity contribution in [2.45, 2.75) is 44.8 Å². The summed E-state index contributed by atoms with van der Waals surface area (Å²) < 4.78 is 0. The molecule has 2 aliphatic rings. The molecule has 0 spiro atoms. The van der Waals surface area contributed by atoms with E-state index in [1.807, 2.05) is 24.3 Å². The number of hydrogen-bond donors (Lipinski definition) is 2. The number of rotatable bonds is 4. The van der Waals surface area contributed by atoms with E-state index in [4.69, 9.17) is 5.73 Å². The second-order valence-electron chi connectivity index (χ2n) is 6.81. The fourth-order valence-electron chi connectivity index (χ4n) is 4.07. The molecular weight excluding hydrogens is 260 g/mol. The van der Waals surface area contributed by atoms with E-state index in [-0.39, 0.29) is 6.10 Å². The molecule has 1 aliphatic heterocycles. The van der Waals surface area contributed by atoms with E-state index in [1.165, 1.54) is 38.6 Å². The van der Waals surface area contributed by atoms with E-state index in [0.29, 0.717) is 6.54 Å². The normalized spacial score (nSPS) is 28.1. The van der Waals surface area contributed by atoms with Gasteiger partial charge in [0.1, 0.15) is 0 Å². The van der Waals surface area contributed by atoms with Crippen LogP contribution < -0.4 is 5.73 Å². The summed E-state index contributed by atoms with van der Waals surface area (Å²) in [5.74, 6) is 1.83. The van der Waals surface area contributed by atoms with Gasteiger partial charge in [-0.1, -0.05) is 43.5 Å². The Kier molecular flexibility index (Phi) is 4.94. The van der Waals surface area contributed by atoms with Crippen LogP contribution in [-0.4, -0.2) is 29.6 Å². The molecule has 1 saturated carbocycles. The third kappa shape index (κ3) is 3.65. The fourth-order valence-corrected chi connectivity index (χ4v) is 4.07. The number of piperidine rings is 1. The van der Waals surface area contributed by atoms with Gasteiger partial charge in [0, 0.05) is 19.6 Å². The van der Waals surface area contributed by atoms with Crippen molar-refractivity contribution in [1.82, 2.24) is 4.90 Å². The number of benzene rings is 1. The van der Waals surface area contributed by atoms with Gasteiger partial charge in [0.15, 0.2) is 0 Å². The highest BCUT2D eigenvalue weighted by molar-refractivity contribution is 5.24. The van der Waals surface area contributed by atoms with E-state index in [9.17, 15) is 5.11 Å². The average Bonchev–Trinajstić information content (AvgIpc) is 2.55. The van der Waals surface area contributed by atoms with Crippen LogP contribution in [-0.2, 0) is 6.54 Å². The highest BCUT2D eigenvalue weighted by atomic mass is 16.3. The van der Waals surface area contributed by atoms with Crippen molar-refractivity contribution in [3.8, 4) is 0 Å². The highest BCUT2D eigenvalue weighted by Crippen LogP contribution is 2.36. The molecule has 3 N–H and O–H groups in total. The van der Waals surface area contributed by atoms with Gasteiger partial charge in [0.2, 0.25) is 0 Å². The monoisotopic (exact) mass is 288 g/mol. The third-order valence-corrected chi connectivity index (χ3v) is 5.41. The summed E-state index contributed by atoms with van der Waals surface area (Å²) in [4.78, 5) is 2.47. The van der Waals surface area contributed by atoms with Gasteiger partial charge in [-0.3, -0.25) is 0 Å². The van der Waals surface area contributed by atoms with Crippen molar-refractivity contribution >= 4 is 0 Å². The van der Waals surface area contributed by atoms with Crippen molar-refractivity contribution in [2.24, 2.45) is 17.6 Å². The lowest BCUT2D eigenvalue weighted by Gasteiger charge is -2.41. The zero-order valence-electron chi connectivity index (χ0n) is 12.9. The van der Waals surface area contributed by atoms with Crippen LogP contribution in [0.25, 0.3) is 0 Å². The van der Waals surface area contributed by atoms with Gasteiger partial charge >= 0.3 is 0 Å². The molecule has 3 heteroatoms. The lowest BCUT2D eigenvalue weighted by molar-refractivity contribution is 0.0460. The molecule has 1 heterocycles. The Balaban J connectivity index is 1.55. The molecule has 3 nitrogen and oxygen atoms in total. The maximum Gasteiger partial charge on any atom is 0.0916 e. The molecule has 1 aromatic carbocycles. The maximum atomic E-state index is 10.5. The number of β-amino-alcohol motifs (C(OH)–C–C–N with tert-alkyl or cyclic N) is 1. The summed E-state index contributed by atoms with van der Waals surface area (Å²) >= 11 is 0. The molecule has 0 radical (unpaired) electrons. The maximum absolute atomic E-state index is 10.5. The number of aliphatic hydroxyl groups is 1. The average molecular weight is 288 g/mol. The minimum absolute atomic E-state index is 0.378. The number of nitrogens with zero attached hydrogens (tertiary/aromatic N) is 1. The van der Waals surface area contributed by atoms with Crippen LogP contribution in [0.3, 0.4) is 0 Å². The molecule has 1 aromatic rings. The second-order valence-corrected chi connectivity index (χ2v) is 6.81. The first kappa shape index (κ1) is 15.0. The molecule has 1 saturated heterocycles. The summed E-state index contributed by atoms with van der Waals surface area (Å²) in [6.45, 7) is 3.67. The minimum atomic E-state index is -0.378. The molecule has 116 valence electrons. The van der Waals surface area contributed by atoms with Gasteiger partial charge in [0.05, 0.1) is 6.10 Å². The standard InChI is InChI=1S/C18H28N2O/c19-11-14-5-7-16(8-6-14)18(21)13-20-10-9-15-3-1-2-4-17(15)12-20/h5-8,15,17-18,21H,1-4,9-13,19H2. The Bertz CT molecular complexity index is 445. The predicted octanol–water partition coefficient (Wildman–Crippen LogP) is 2.69. The molecule has 3 unspecified atom stereocenters. The Morgan fingerprint density at radius 2 is 1.81 bits per heavy atom. The molecule has 3 rings (SSSR count). The summed E-state index contributed by atoms with van der Waals surface area (Å²) in [5.41, 5.74) is 7.75. The van der Waals surface area contributed by atoms with E-state index >= 15 is 0 Å². The SMILES string of the molecule is NCc1ccc(C(O)CN2CCC3CCCCC3C2)cc1. The first-order chi connectivity index (χ1) is 10.3. The van der Waals surface area contributed by atoms with E-state index in [1.54, 1.807) is 0 Å². The van der Waals surface area contributed by atoms with Crippen LogP contribution in [0.4, 0.5) is 0 Å². The summed E-state index contributed by atoms with van der Waals surface area (Å²) in [6, 6.07) is 8.07. The molecular formula is C18H28N2O. The van der Waals surface area contributed by atoms with E-state index < -0.39 is 0 Å². The summed E-state index contributed by atoms with van der Waals surface area (Å²) in [5, 5.41) is 10.5. The Labute approximate surface area is 128 Å². The number of fused-ring (bicyclic) bond motifs is 1. The zero-order chi connectivity index (χ0) is 14.7. The molecule has 21 heavy (non-hydrogen) atoms. The largest absolute Gasteiger partial charge is 0.387 e. The smallest absolute Gasteiger partial charge is 0.0916 e. The van der Waals surface area contributed by atoms with Crippen molar-refractivity contribution in [2.75, 3.05) is 19.6 Å². The van der Waals surface area contributed by atoms with Crippen molar-refractivity contribution in [1.29, 1.82) is 0 Å². The minimum Gasteiger partial charge on any atom is -0.387 e. The Hall–Kier alpha value is -0.900. The number of hydrogen-bond acceptors (Lipinski definition) is 3. The summed E-state index contributed by atoms with van der Waals surface area (Å²) in [6.07, 6.45) is 6.60. The third-order valence-electron chi connectivity index (χ3n) is 5.41. The molecule has 0 bridgehead atoms. The lowest BCUT2D eigenvalue weighted by atomic mass is 9.75. The van der Waals surface area contributed by atoms with Crippen LogP contribution in [0, 0.1) is 11.8 Å². The first-order valence-corrected chi connectivity index (χ1v) is 8.45. The topological polar surface area (TPSA) is 49.5 Å². The van der Waals surface area contributed by atoms with E-state index in [0.717, 1.165) is 36.1 Å². The van der Waals surface area contributed by atoms with Crippen molar-refractivity contribution in [3.05, 3.63) is 35.4 Å². The second kappa shape index (κ2) is 6.91. The van der Waals surface area contributed by atoms with Gasteiger partial charge in [0.25, 0.3) is 0 Å². The molecule has 1 aliphatic carbocycles. The Morgan fingerprint density at radius 1 is 1.10 bits per heavy atom. The van der Waals surface area contributed by atoms with Gasteiger partial charge in [-0.25, -0.2) is 0 Å². The Morgan fingerprint density at radius 3 is 2.52 bits per heavy atom. The van der Waals surface area contributed by atoms with Crippen LogP contribution in [0.2, 0.25) is 0 Å². The number of likely N-dealkylation sites (tertiary alicyclic amines) is 1. The van der Waals surface area contributed by atoms with Crippen LogP contribution in [0.5, 0.6) is 0 Å². The van der Waals surface area contributed by atoms with Crippen LogP contribution in [0.15, 0.2) is 24.3 Å². The van der Waals surface area contributed by atoms with Gasteiger partial charge in [-0.2, -0.15) is 0 Å². The van der Waals surface area contributed by atoms with Crippen molar-refractivity contribution in [3.63, 3.8) is 0 Å². The molecule has 0 amide bonds. The number of nitrogens with two attached hydrogens (primary N) is 1. The van der Waals surface area contributed by atoms with E-state index in [2.05, 4.69) is 4.90 Å². The molecule has 3 atom stereocenters. The van der Waals surface area contributed by atoms with Crippen LogP contribution in [0.1, 0.15) is 49.3 Å². The van der Waals surface area contributed by atoms with Crippen LogP contribution >= 0.6 is 0 Å². The summed E-state index contributed by atoms with van der Waals surface area (Å²) in [7, 11) is 0. The predicted molar refractivity (Wildman–Crippen MR) is 85.8 cm³/mol. The lowest BCUT2D eigenvalue weighted by Crippen LogP contribution is -2.43. The van der Waals surface area contributed by atoms with Crippen molar-refractivity contribution < 1.29 is 5.11 Å². The zero-order valence-corrected chi connectivity index (χ0v) is 12.9. The quantitative estimate of drug-likeness (QED) is 0.895. The van der Waals surface area contributed by atoms with Gasteiger partial charge in [-0.15, -0.1) is 0 Å². The molecule has 0 aromatic heterocycles. The van der Waals surface area contributed by atoms with Gasteiger partial charge < -0.3 is 15.7 Å². The molecule has 2 fully saturated rings.